The fraction of sp³-hybridized carbons (Fsp3) is 0.417. The Bertz CT molecular complexity index is 565. The molecule has 1 aliphatic heterocycles. The van der Waals surface area contributed by atoms with E-state index in [-0.39, 0.29) is 23.8 Å². The van der Waals surface area contributed by atoms with E-state index in [4.69, 9.17) is 5.26 Å². The Kier molecular flexibility index (Phi) is 3.79. The standard InChI is InChI=1S/C12H11F3N4O/c13-12(14,15)9-3-2-8(6-16)11(18-9)19-5-1-4-17-10(20)7-19/h2-3H,1,4-5,7H2,(H,17,20). The van der Waals surface area contributed by atoms with Crippen LogP contribution in [0.2, 0.25) is 0 Å². The van der Waals surface area contributed by atoms with Gasteiger partial charge in [0.1, 0.15) is 17.6 Å². The average molecular weight is 284 g/mol. The van der Waals surface area contributed by atoms with Gasteiger partial charge in [-0.2, -0.15) is 18.4 Å². The number of aromatic nitrogens is 1. The lowest BCUT2D eigenvalue weighted by Gasteiger charge is -2.22. The number of pyridine rings is 1. The molecule has 1 amide bonds. The predicted molar refractivity (Wildman–Crippen MR) is 63.8 cm³/mol. The molecule has 0 unspecified atom stereocenters. The Morgan fingerprint density at radius 1 is 1.40 bits per heavy atom. The molecule has 1 aliphatic rings. The number of halogens is 3. The van der Waals surface area contributed by atoms with Crippen LogP contribution >= 0.6 is 0 Å². The van der Waals surface area contributed by atoms with Crippen molar-refractivity contribution in [2.24, 2.45) is 0 Å². The number of amides is 1. The van der Waals surface area contributed by atoms with Gasteiger partial charge in [0.25, 0.3) is 0 Å². The van der Waals surface area contributed by atoms with Crippen molar-refractivity contribution in [1.82, 2.24) is 10.3 Å². The second-order valence-electron chi connectivity index (χ2n) is 4.30. The van der Waals surface area contributed by atoms with Crippen LogP contribution in [0.5, 0.6) is 0 Å². The largest absolute Gasteiger partial charge is 0.433 e. The fourth-order valence-corrected chi connectivity index (χ4v) is 1.92. The molecule has 0 spiro atoms. The number of rotatable bonds is 1. The molecule has 20 heavy (non-hydrogen) atoms. The van der Waals surface area contributed by atoms with E-state index in [0.717, 1.165) is 12.1 Å². The van der Waals surface area contributed by atoms with E-state index in [1.165, 1.54) is 4.90 Å². The highest BCUT2D eigenvalue weighted by Crippen LogP contribution is 2.30. The summed E-state index contributed by atoms with van der Waals surface area (Å²) in [5, 5.41) is 11.6. The summed E-state index contributed by atoms with van der Waals surface area (Å²) in [5.41, 5.74) is -1.05. The molecule has 1 aromatic heterocycles. The first-order valence-electron chi connectivity index (χ1n) is 5.92. The minimum absolute atomic E-state index is 0.0210. The molecule has 1 fully saturated rings. The number of alkyl halides is 3. The molecule has 2 rings (SSSR count). The maximum absolute atomic E-state index is 12.7. The fourth-order valence-electron chi connectivity index (χ4n) is 1.92. The number of nitrogens with one attached hydrogen (secondary N) is 1. The zero-order valence-electron chi connectivity index (χ0n) is 10.4. The number of hydrogen-bond acceptors (Lipinski definition) is 4. The summed E-state index contributed by atoms with van der Waals surface area (Å²) >= 11 is 0. The minimum Gasteiger partial charge on any atom is -0.354 e. The smallest absolute Gasteiger partial charge is 0.354 e. The van der Waals surface area contributed by atoms with Crippen LogP contribution in [0.15, 0.2) is 12.1 Å². The van der Waals surface area contributed by atoms with Gasteiger partial charge in [-0.15, -0.1) is 0 Å². The third-order valence-corrected chi connectivity index (χ3v) is 2.85. The number of nitrogens with zero attached hydrogens (tertiary/aromatic N) is 3. The van der Waals surface area contributed by atoms with Crippen LogP contribution in [-0.2, 0) is 11.0 Å². The monoisotopic (exact) mass is 284 g/mol. The van der Waals surface area contributed by atoms with Crippen LogP contribution < -0.4 is 10.2 Å². The van der Waals surface area contributed by atoms with Crippen molar-refractivity contribution in [3.8, 4) is 6.07 Å². The number of carbonyl (C=O) groups excluding carboxylic acids is 1. The van der Waals surface area contributed by atoms with Crippen molar-refractivity contribution >= 4 is 11.7 Å². The van der Waals surface area contributed by atoms with E-state index in [1.54, 1.807) is 6.07 Å². The number of hydrogen-bond donors (Lipinski definition) is 1. The highest BCUT2D eigenvalue weighted by Gasteiger charge is 2.34. The van der Waals surface area contributed by atoms with E-state index in [1.807, 2.05) is 0 Å². The molecule has 0 radical (unpaired) electrons. The normalized spacial score (nSPS) is 16.3. The molecule has 8 heteroatoms. The SMILES string of the molecule is N#Cc1ccc(C(F)(F)F)nc1N1CCCNC(=O)C1. The zero-order chi connectivity index (χ0) is 14.8. The van der Waals surface area contributed by atoms with Crippen molar-refractivity contribution in [3.63, 3.8) is 0 Å². The van der Waals surface area contributed by atoms with E-state index < -0.39 is 11.9 Å². The van der Waals surface area contributed by atoms with Crippen molar-refractivity contribution < 1.29 is 18.0 Å². The molecule has 5 nitrogen and oxygen atoms in total. The molecular formula is C12H11F3N4O. The summed E-state index contributed by atoms with van der Waals surface area (Å²) in [6, 6.07) is 3.64. The number of carbonyl (C=O) groups is 1. The minimum atomic E-state index is -4.59. The number of anilines is 1. The molecule has 0 bridgehead atoms. The average Bonchev–Trinajstić information content (AvgIpc) is 2.61. The van der Waals surface area contributed by atoms with Gasteiger partial charge in [-0.25, -0.2) is 4.98 Å². The molecule has 1 saturated heterocycles. The van der Waals surface area contributed by atoms with E-state index >= 15 is 0 Å². The van der Waals surface area contributed by atoms with E-state index in [9.17, 15) is 18.0 Å². The first-order valence-corrected chi connectivity index (χ1v) is 5.92. The van der Waals surface area contributed by atoms with Gasteiger partial charge >= 0.3 is 6.18 Å². The van der Waals surface area contributed by atoms with Crippen LogP contribution in [-0.4, -0.2) is 30.5 Å². The molecule has 1 aromatic rings. The van der Waals surface area contributed by atoms with Gasteiger partial charge in [0, 0.05) is 13.1 Å². The summed E-state index contributed by atoms with van der Waals surface area (Å²) < 4.78 is 38.1. The van der Waals surface area contributed by atoms with Gasteiger partial charge in [0.05, 0.1) is 12.1 Å². The first kappa shape index (κ1) is 14.1. The van der Waals surface area contributed by atoms with Gasteiger partial charge in [0.2, 0.25) is 5.91 Å². The van der Waals surface area contributed by atoms with Gasteiger partial charge in [0.15, 0.2) is 0 Å². The Balaban J connectivity index is 2.42. The molecule has 0 aromatic carbocycles. The molecule has 0 saturated carbocycles. The molecule has 2 heterocycles. The lowest BCUT2D eigenvalue weighted by molar-refractivity contribution is -0.141. The molecule has 0 atom stereocenters. The van der Waals surface area contributed by atoms with Gasteiger partial charge in [-0.3, -0.25) is 4.79 Å². The van der Waals surface area contributed by atoms with Crippen LogP contribution in [0.4, 0.5) is 19.0 Å². The lowest BCUT2D eigenvalue weighted by Crippen LogP contribution is -2.34. The summed E-state index contributed by atoms with van der Waals surface area (Å²) in [6.07, 6.45) is -4.01. The van der Waals surface area contributed by atoms with Crippen molar-refractivity contribution in [3.05, 3.63) is 23.4 Å². The Morgan fingerprint density at radius 2 is 2.15 bits per heavy atom. The van der Waals surface area contributed by atoms with Crippen molar-refractivity contribution in [1.29, 1.82) is 5.26 Å². The highest BCUT2D eigenvalue weighted by molar-refractivity contribution is 5.81. The van der Waals surface area contributed by atoms with E-state index in [2.05, 4.69) is 10.3 Å². The Hall–Kier alpha value is -2.30. The Morgan fingerprint density at radius 3 is 2.80 bits per heavy atom. The second kappa shape index (κ2) is 5.36. The summed E-state index contributed by atoms with van der Waals surface area (Å²) in [7, 11) is 0. The van der Waals surface area contributed by atoms with E-state index in [0.29, 0.717) is 19.5 Å². The van der Waals surface area contributed by atoms with Gasteiger partial charge in [-0.05, 0) is 18.6 Å². The lowest BCUT2D eigenvalue weighted by atomic mass is 10.2. The molecule has 1 N–H and O–H groups in total. The van der Waals surface area contributed by atoms with Crippen LogP contribution in [0.3, 0.4) is 0 Å². The first-order chi connectivity index (χ1) is 9.41. The van der Waals surface area contributed by atoms with Crippen LogP contribution in [0, 0.1) is 11.3 Å². The third kappa shape index (κ3) is 2.99. The zero-order valence-corrected chi connectivity index (χ0v) is 10.4. The van der Waals surface area contributed by atoms with Crippen LogP contribution in [0.25, 0.3) is 0 Å². The quantitative estimate of drug-likeness (QED) is 0.844. The highest BCUT2D eigenvalue weighted by atomic mass is 19.4. The predicted octanol–water partition coefficient (Wildman–Crippen LogP) is 1.30. The maximum atomic E-state index is 12.7. The second-order valence-corrected chi connectivity index (χ2v) is 4.30. The topological polar surface area (TPSA) is 69.0 Å². The summed E-state index contributed by atoms with van der Waals surface area (Å²) in [5.74, 6) is -0.398. The van der Waals surface area contributed by atoms with Gasteiger partial charge < -0.3 is 10.2 Å². The molecular weight excluding hydrogens is 273 g/mol. The Labute approximate surface area is 113 Å². The summed E-state index contributed by atoms with van der Waals surface area (Å²) in [6.45, 7) is 0.709. The summed E-state index contributed by atoms with van der Waals surface area (Å²) in [4.78, 5) is 16.4. The van der Waals surface area contributed by atoms with Crippen molar-refractivity contribution in [2.45, 2.75) is 12.6 Å². The van der Waals surface area contributed by atoms with Crippen molar-refractivity contribution in [2.75, 3.05) is 24.5 Å². The molecule has 0 aliphatic carbocycles. The molecule has 106 valence electrons. The van der Waals surface area contributed by atoms with Crippen LogP contribution in [0.1, 0.15) is 17.7 Å². The number of nitriles is 1. The van der Waals surface area contributed by atoms with Gasteiger partial charge in [-0.1, -0.05) is 0 Å². The maximum Gasteiger partial charge on any atom is 0.433 e. The third-order valence-electron chi connectivity index (χ3n) is 2.85.